The fraction of sp³-hybridized carbons (Fsp3) is 0.286. The average molecular weight is 197 g/mol. The zero-order valence-electron chi connectivity index (χ0n) is 6.69. The van der Waals surface area contributed by atoms with Gasteiger partial charge < -0.3 is 4.52 Å². The first-order valence-electron chi connectivity index (χ1n) is 3.75. The van der Waals surface area contributed by atoms with Crippen LogP contribution in [0.4, 0.5) is 0 Å². The van der Waals surface area contributed by atoms with E-state index in [1.54, 1.807) is 0 Å². The highest BCUT2D eigenvalue weighted by Crippen LogP contribution is 2.09. The first-order valence-corrected chi connectivity index (χ1v) is 4.74. The second-order valence-corrected chi connectivity index (χ2v) is 3.45. The summed E-state index contributed by atoms with van der Waals surface area (Å²) in [4.78, 5) is 15.4. The molecule has 2 rings (SSSR count). The number of nitrogens with zero attached hydrogens (tertiary/aromatic N) is 2. The maximum atomic E-state index is 11.3. The fourth-order valence-electron chi connectivity index (χ4n) is 0.902. The van der Waals surface area contributed by atoms with E-state index in [1.807, 2.05) is 0 Å². The van der Waals surface area contributed by atoms with Crippen molar-refractivity contribution in [2.75, 3.05) is 12.3 Å². The molecule has 0 aromatic carbocycles. The van der Waals surface area contributed by atoms with E-state index < -0.39 is 0 Å². The maximum Gasteiger partial charge on any atom is 0.295 e. The van der Waals surface area contributed by atoms with Crippen LogP contribution in [-0.4, -0.2) is 28.5 Å². The molecule has 0 radical (unpaired) electrons. The lowest BCUT2D eigenvalue weighted by Crippen LogP contribution is -2.26. The molecule has 0 fully saturated rings. The predicted molar refractivity (Wildman–Crippen MR) is 48.7 cm³/mol. The molecule has 2 heterocycles. The van der Waals surface area contributed by atoms with Gasteiger partial charge >= 0.3 is 0 Å². The number of thioether (sulfide) groups is 1. The number of carbonyl (C=O) groups excluding carboxylic acids is 1. The zero-order valence-corrected chi connectivity index (χ0v) is 7.50. The van der Waals surface area contributed by atoms with Crippen molar-refractivity contribution in [3.05, 3.63) is 18.0 Å². The monoisotopic (exact) mass is 197 g/mol. The van der Waals surface area contributed by atoms with Crippen LogP contribution in [-0.2, 0) is 0 Å². The van der Waals surface area contributed by atoms with Gasteiger partial charge in [-0.05, 0) is 0 Å². The van der Waals surface area contributed by atoms with Gasteiger partial charge in [-0.25, -0.2) is 0 Å². The molecule has 6 heteroatoms. The summed E-state index contributed by atoms with van der Waals surface area (Å²) in [6.07, 6.45) is 1.43. The van der Waals surface area contributed by atoms with E-state index in [9.17, 15) is 4.79 Å². The Bertz CT molecular complexity index is 334. The Labute approximate surface area is 78.6 Å². The summed E-state index contributed by atoms with van der Waals surface area (Å²) < 4.78 is 4.68. The van der Waals surface area contributed by atoms with Crippen molar-refractivity contribution in [2.45, 2.75) is 0 Å². The molecule has 0 aliphatic carbocycles. The normalized spacial score (nSPS) is 15.5. The van der Waals surface area contributed by atoms with Gasteiger partial charge in [0.1, 0.15) is 0 Å². The van der Waals surface area contributed by atoms with E-state index in [2.05, 4.69) is 20.0 Å². The molecule has 0 bridgehead atoms. The van der Waals surface area contributed by atoms with E-state index in [0.717, 1.165) is 12.3 Å². The second kappa shape index (κ2) is 3.61. The molecule has 1 aliphatic heterocycles. The number of aromatic nitrogens is 1. The maximum absolute atomic E-state index is 11.3. The minimum Gasteiger partial charge on any atom is -0.351 e. The molecular weight excluding hydrogens is 190 g/mol. The number of hydrogen-bond donors (Lipinski definition) is 1. The molecule has 1 amide bonds. The van der Waals surface area contributed by atoms with Crippen LogP contribution in [0.25, 0.3) is 0 Å². The highest BCUT2D eigenvalue weighted by molar-refractivity contribution is 8.14. The molecule has 0 unspecified atom stereocenters. The topological polar surface area (TPSA) is 67.5 Å². The van der Waals surface area contributed by atoms with Gasteiger partial charge in [0.2, 0.25) is 5.76 Å². The minimum absolute atomic E-state index is 0.204. The van der Waals surface area contributed by atoms with Crippen LogP contribution >= 0.6 is 11.8 Å². The number of nitrogens with one attached hydrogen (secondary N) is 1. The standard InChI is InChI=1S/C7H7N3O2S/c11-6(5-1-2-9-12-5)10-7-8-3-4-13-7/h1-2H,3-4H2,(H,8,10,11). The van der Waals surface area contributed by atoms with Gasteiger partial charge in [-0.2, -0.15) is 0 Å². The Morgan fingerprint density at radius 3 is 3.23 bits per heavy atom. The molecule has 0 atom stereocenters. The third-order valence-corrected chi connectivity index (χ3v) is 2.36. The Balaban J connectivity index is 1.99. The summed E-state index contributed by atoms with van der Waals surface area (Å²) >= 11 is 1.52. The van der Waals surface area contributed by atoms with Crippen LogP contribution in [0.5, 0.6) is 0 Å². The number of amidine groups is 1. The molecule has 1 aromatic heterocycles. The van der Waals surface area contributed by atoms with E-state index >= 15 is 0 Å². The first-order chi connectivity index (χ1) is 6.36. The van der Waals surface area contributed by atoms with E-state index in [1.165, 1.54) is 24.0 Å². The third kappa shape index (κ3) is 1.89. The van der Waals surface area contributed by atoms with Gasteiger partial charge in [-0.1, -0.05) is 16.9 Å². The predicted octanol–water partition coefficient (Wildman–Crippen LogP) is 0.507. The van der Waals surface area contributed by atoms with E-state index in [-0.39, 0.29) is 11.7 Å². The van der Waals surface area contributed by atoms with Crippen molar-refractivity contribution in [1.29, 1.82) is 0 Å². The third-order valence-electron chi connectivity index (χ3n) is 1.47. The van der Waals surface area contributed by atoms with Gasteiger partial charge in [-0.15, -0.1) is 0 Å². The SMILES string of the molecule is O=C(NC1=NCCS1)c1ccno1. The lowest BCUT2D eigenvalue weighted by atomic mass is 10.4. The van der Waals surface area contributed by atoms with E-state index in [4.69, 9.17) is 0 Å². The summed E-state index contributed by atoms with van der Waals surface area (Å²) in [5, 5.41) is 6.71. The first kappa shape index (κ1) is 8.31. The summed E-state index contributed by atoms with van der Waals surface area (Å²) in [5.41, 5.74) is 0. The lowest BCUT2D eigenvalue weighted by molar-refractivity contribution is 0.0942. The van der Waals surface area contributed by atoms with Crippen molar-refractivity contribution >= 4 is 22.8 Å². The molecule has 0 saturated carbocycles. The molecule has 1 aromatic rings. The second-order valence-electron chi connectivity index (χ2n) is 2.37. The molecular formula is C7H7N3O2S. The Kier molecular flexibility index (Phi) is 2.31. The molecule has 68 valence electrons. The summed E-state index contributed by atoms with van der Waals surface area (Å²) in [6, 6.07) is 1.51. The Morgan fingerprint density at radius 1 is 1.69 bits per heavy atom. The molecule has 0 spiro atoms. The highest BCUT2D eigenvalue weighted by Gasteiger charge is 2.14. The molecule has 5 nitrogen and oxygen atoms in total. The highest BCUT2D eigenvalue weighted by atomic mass is 32.2. The van der Waals surface area contributed by atoms with Crippen LogP contribution < -0.4 is 5.32 Å². The number of amides is 1. The summed E-state index contributed by atoms with van der Waals surface area (Å²) in [5.74, 6) is 0.826. The molecule has 1 aliphatic rings. The molecule has 1 N–H and O–H groups in total. The van der Waals surface area contributed by atoms with Crippen molar-refractivity contribution < 1.29 is 9.32 Å². The number of aliphatic imine (C=N–C) groups is 1. The van der Waals surface area contributed by atoms with Gasteiger partial charge in [0, 0.05) is 11.8 Å². The van der Waals surface area contributed by atoms with Crippen LogP contribution in [0.3, 0.4) is 0 Å². The van der Waals surface area contributed by atoms with Gasteiger partial charge in [0.15, 0.2) is 5.17 Å². The van der Waals surface area contributed by atoms with Crippen LogP contribution in [0.15, 0.2) is 21.8 Å². The molecule has 13 heavy (non-hydrogen) atoms. The quantitative estimate of drug-likeness (QED) is 0.712. The van der Waals surface area contributed by atoms with Crippen molar-refractivity contribution in [1.82, 2.24) is 10.5 Å². The van der Waals surface area contributed by atoms with Crippen LogP contribution in [0, 0.1) is 0 Å². The average Bonchev–Trinajstić information content (AvgIpc) is 2.74. The lowest BCUT2D eigenvalue weighted by Gasteiger charge is -1.98. The smallest absolute Gasteiger partial charge is 0.295 e. The number of rotatable bonds is 1. The van der Waals surface area contributed by atoms with Crippen molar-refractivity contribution in [3.8, 4) is 0 Å². The fourth-order valence-corrected chi connectivity index (χ4v) is 1.63. The molecule has 0 saturated heterocycles. The van der Waals surface area contributed by atoms with Gasteiger partial charge in [-0.3, -0.25) is 15.1 Å². The van der Waals surface area contributed by atoms with Crippen molar-refractivity contribution in [2.24, 2.45) is 4.99 Å². The van der Waals surface area contributed by atoms with Crippen molar-refractivity contribution in [3.63, 3.8) is 0 Å². The van der Waals surface area contributed by atoms with Gasteiger partial charge in [0.25, 0.3) is 5.91 Å². The largest absolute Gasteiger partial charge is 0.351 e. The summed E-state index contributed by atoms with van der Waals surface area (Å²) in [6.45, 7) is 0.761. The zero-order chi connectivity index (χ0) is 9.10. The van der Waals surface area contributed by atoms with Crippen LogP contribution in [0.1, 0.15) is 10.6 Å². The van der Waals surface area contributed by atoms with E-state index in [0.29, 0.717) is 5.17 Å². The van der Waals surface area contributed by atoms with Crippen LogP contribution in [0.2, 0.25) is 0 Å². The number of carbonyl (C=O) groups is 1. The Morgan fingerprint density at radius 2 is 2.62 bits per heavy atom. The Hall–Kier alpha value is -1.30. The van der Waals surface area contributed by atoms with Gasteiger partial charge in [0.05, 0.1) is 12.7 Å². The summed E-state index contributed by atoms with van der Waals surface area (Å²) in [7, 11) is 0. The minimum atomic E-state index is -0.300. The number of hydrogen-bond acceptors (Lipinski definition) is 5.